The van der Waals surface area contributed by atoms with Crippen molar-refractivity contribution < 1.29 is 22.7 Å². The van der Waals surface area contributed by atoms with Crippen LogP contribution in [0.15, 0.2) is 29.2 Å². The third-order valence-electron chi connectivity index (χ3n) is 4.36. The summed E-state index contributed by atoms with van der Waals surface area (Å²) < 4.78 is 32.6. The monoisotopic (exact) mass is 383 g/mol. The molecule has 2 rings (SSSR count). The first kappa shape index (κ1) is 20.2. The first-order chi connectivity index (χ1) is 12.2. The molecule has 0 unspecified atom stereocenters. The van der Waals surface area contributed by atoms with Crippen molar-refractivity contribution >= 4 is 21.8 Å². The molecule has 1 atom stereocenters. The van der Waals surface area contributed by atoms with Gasteiger partial charge in [0.25, 0.3) is 0 Å². The number of primary amides is 1. The lowest BCUT2D eigenvalue weighted by atomic mass is 9.96. The number of rotatable bonds is 7. The Hall–Kier alpha value is -2.13. The Morgan fingerprint density at radius 2 is 1.85 bits per heavy atom. The van der Waals surface area contributed by atoms with Crippen LogP contribution < -0.4 is 15.2 Å². The summed E-state index contributed by atoms with van der Waals surface area (Å²) in [4.78, 5) is 25.3. The Kier molecular flexibility index (Phi) is 6.60. The van der Waals surface area contributed by atoms with Gasteiger partial charge in [0.1, 0.15) is 5.75 Å². The van der Waals surface area contributed by atoms with E-state index in [1.807, 2.05) is 6.92 Å². The first-order valence-corrected chi connectivity index (χ1v) is 10.1. The molecule has 0 bridgehead atoms. The number of piperidine rings is 1. The molecule has 1 heterocycles. The number of amides is 2. The van der Waals surface area contributed by atoms with E-state index in [-0.39, 0.29) is 22.6 Å². The number of benzene rings is 1. The second kappa shape index (κ2) is 8.50. The van der Waals surface area contributed by atoms with Crippen LogP contribution in [0.3, 0.4) is 0 Å². The van der Waals surface area contributed by atoms with E-state index in [9.17, 15) is 18.0 Å². The van der Waals surface area contributed by atoms with Gasteiger partial charge in [-0.25, -0.2) is 8.42 Å². The van der Waals surface area contributed by atoms with Crippen LogP contribution in [-0.2, 0) is 19.6 Å². The normalized spacial score (nSPS) is 16.9. The van der Waals surface area contributed by atoms with E-state index >= 15 is 0 Å². The Bertz CT molecular complexity index is 740. The number of nitrogens with zero attached hydrogens (tertiary/aromatic N) is 1. The lowest BCUT2D eigenvalue weighted by Crippen LogP contribution is -2.50. The van der Waals surface area contributed by atoms with Gasteiger partial charge in [0.15, 0.2) is 0 Å². The van der Waals surface area contributed by atoms with Crippen LogP contribution in [-0.4, -0.2) is 50.9 Å². The molecule has 0 saturated carbocycles. The van der Waals surface area contributed by atoms with Crippen LogP contribution in [0.1, 0.15) is 26.7 Å². The molecular weight excluding hydrogens is 358 g/mol. The van der Waals surface area contributed by atoms with Crippen molar-refractivity contribution in [2.45, 2.75) is 37.6 Å². The summed E-state index contributed by atoms with van der Waals surface area (Å²) in [5.74, 6) is -0.327. The number of hydrogen-bond donors (Lipinski definition) is 2. The lowest BCUT2D eigenvalue weighted by molar-refractivity contribution is -0.136. The summed E-state index contributed by atoms with van der Waals surface area (Å²) in [6, 6.07) is 5.10. The van der Waals surface area contributed by atoms with E-state index in [4.69, 9.17) is 10.5 Å². The van der Waals surface area contributed by atoms with Gasteiger partial charge in [0.2, 0.25) is 21.8 Å². The van der Waals surface area contributed by atoms with Gasteiger partial charge in [-0.3, -0.25) is 9.59 Å². The third kappa shape index (κ3) is 4.95. The molecule has 0 aliphatic carbocycles. The highest BCUT2D eigenvalue weighted by Gasteiger charge is 2.30. The van der Waals surface area contributed by atoms with Crippen LogP contribution in [0, 0.1) is 5.92 Å². The molecule has 0 aromatic heterocycles. The van der Waals surface area contributed by atoms with E-state index < -0.39 is 16.1 Å². The minimum atomic E-state index is -3.83. The largest absolute Gasteiger partial charge is 0.494 e. The number of carbonyl (C=O) groups is 2. The predicted octanol–water partition coefficient (Wildman–Crippen LogP) is 0.476. The molecule has 144 valence electrons. The van der Waals surface area contributed by atoms with Gasteiger partial charge in [0.05, 0.1) is 17.5 Å². The van der Waals surface area contributed by atoms with Gasteiger partial charge in [-0.2, -0.15) is 4.72 Å². The van der Waals surface area contributed by atoms with Crippen LogP contribution in [0.2, 0.25) is 0 Å². The molecule has 1 aromatic rings. The highest BCUT2D eigenvalue weighted by molar-refractivity contribution is 7.89. The number of nitrogens with one attached hydrogen (secondary N) is 1. The average Bonchev–Trinajstić information content (AvgIpc) is 2.61. The highest BCUT2D eigenvalue weighted by atomic mass is 32.2. The van der Waals surface area contributed by atoms with Crippen LogP contribution >= 0.6 is 0 Å². The number of sulfonamides is 1. The van der Waals surface area contributed by atoms with E-state index in [0.717, 1.165) is 0 Å². The van der Waals surface area contributed by atoms with Crippen LogP contribution in [0.4, 0.5) is 0 Å². The molecule has 1 fully saturated rings. The molecule has 1 aliphatic rings. The maximum Gasteiger partial charge on any atom is 0.241 e. The quantitative estimate of drug-likeness (QED) is 0.710. The minimum absolute atomic E-state index is 0.0630. The number of carbonyl (C=O) groups excluding carboxylic acids is 2. The Morgan fingerprint density at radius 3 is 2.35 bits per heavy atom. The van der Waals surface area contributed by atoms with Gasteiger partial charge in [-0.1, -0.05) is 0 Å². The summed E-state index contributed by atoms with van der Waals surface area (Å²) in [5, 5.41) is 0. The molecule has 9 heteroatoms. The molecule has 1 aromatic carbocycles. The third-order valence-corrected chi connectivity index (χ3v) is 5.91. The zero-order valence-electron chi connectivity index (χ0n) is 15.0. The summed E-state index contributed by atoms with van der Waals surface area (Å²) in [7, 11) is -3.83. The van der Waals surface area contributed by atoms with Crippen LogP contribution in [0.5, 0.6) is 5.75 Å². The fourth-order valence-corrected chi connectivity index (χ4v) is 4.09. The molecule has 0 spiro atoms. The summed E-state index contributed by atoms with van der Waals surface area (Å²) in [6.07, 6.45) is 0.999. The van der Waals surface area contributed by atoms with Crippen molar-refractivity contribution in [3.8, 4) is 5.75 Å². The fourth-order valence-electron chi connectivity index (χ4n) is 2.89. The lowest BCUT2D eigenvalue weighted by Gasteiger charge is -2.32. The van der Waals surface area contributed by atoms with E-state index in [2.05, 4.69) is 4.72 Å². The van der Waals surface area contributed by atoms with Gasteiger partial charge in [0, 0.05) is 19.0 Å². The maximum atomic E-state index is 12.5. The number of nitrogens with two attached hydrogens (primary N) is 1. The number of ether oxygens (including phenoxy) is 1. The van der Waals surface area contributed by atoms with Gasteiger partial charge in [-0.15, -0.1) is 0 Å². The molecule has 3 N–H and O–H groups in total. The van der Waals surface area contributed by atoms with Crippen molar-refractivity contribution in [1.29, 1.82) is 0 Å². The van der Waals surface area contributed by atoms with Crippen molar-refractivity contribution in [2.75, 3.05) is 19.7 Å². The predicted molar refractivity (Wildman–Crippen MR) is 95.9 cm³/mol. The second-order valence-corrected chi connectivity index (χ2v) is 7.96. The second-order valence-electron chi connectivity index (χ2n) is 6.25. The standard InChI is InChI=1S/C17H25N3O5S/c1-3-25-14-4-6-15(7-5-14)26(23,24)19-12(2)17(22)20-10-8-13(9-11-20)16(18)21/h4-7,12-13,19H,3,8-11H2,1-2H3,(H2,18,21)/t12-/m1/s1. The Labute approximate surface area is 153 Å². The molecule has 0 radical (unpaired) electrons. The molecule has 1 aliphatic heterocycles. The summed E-state index contributed by atoms with van der Waals surface area (Å²) >= 11 is 0. The van der Waals surface area contributed by atoms with Gasteiger partial charge < -0.3 is 15.4 Å². The maximum absolute atomic E-state index is 12.5. The minimum Gasteiger partial charge on any atom is -0.494 e. The molecule has 8 nitrogen and oxygen atoms in total. The van der Waals surface area contributed by atoms with Crippen molar-refractivity contribution in [1.82, 2.24) is 9.62 Å². The van der Waals surface area contributed by atoms with Gasteiger partial charge in [-0.05, 0) is 51.0 Å². The van der Waals surface area contributed by atoms with Crippen LogP contribution in [0.25, 0.3) is 0 Å². The Morgan fingerprint density at radius 1 is 1.27 bits per heavy atom. The van der Waals surface area contributed by atoms with E-state index in [1.165, 1.54) is 19.1 Å². The highest BCUT2D eigenvalue weighted by Crippen LogP contribution is 2.19. The summed E-state index contributed by atoms with van der Waals surface area (Å²) in [5.41, 5.74) is 5.28. The first-order valence-electron chi connectivity index (χ1n) is 8.58. The van der Waals surface area contributed by atoms with Gasteiger partial charge >= 0.3 is 0 Å². The average molecular weight is 383 g/mol. The van der Waals surface area contributed by atoms with Crippen molar-refractivity contribution in [3.05, 3.63) is 24.3 Å². The number of hydrogen-bond acceptors (Lipinski definition) is 5. The molecular formula is C17H25N3O5S. The summed E-state index contributed by atoms with van der Waals surface area (Å²) in [6.45, 7) is 4.62. The number of likely N-dealkylation sites (tertiary alicyclic amines) is 1. The van der Waals surface area contributed by atoms with Crippen molar-refractivity contribution in [3.63, 3.8) is 0 Å². The zero-order chi connectivity index (χ0) is 19.3. The van der Waals surface area contributed by atoms with E-state index in [1.54, 1.807) is 17.0 Å². The topological polar surface area (TPSA) is 119 Å². The zero-order valence-corrected chi connectivity index (χ0v) is 15.8. The Balaban J connectivity index is 1.98. The van der Waals surface area contributed by atoms with Crippen molar-refractivity contribution in [2.24, 2.45) is 11.7 Å². The molecule has 26 heavy (non-hydrogen) atoms. The smallest absolute Gasteiger partial charge is 0.241 e. The molecule has 2 amide bonds. The fraction of sp³-hybridized carbons (Fsp3) is 0.529. The van der Waals surface area contributed by atoms with E-state index in [0.29, 0.717) is 38.3 Å². The molecule has 1 saturated heterocycles. The SMILES string of the molecule is CCOc1ccc(S(=O)(=O)N[C@H](C)C(=O)N2CCC(C(N)=O)CC2)cc1.